The zero-order valence-corrected chi connectivity index (χ0v) is 11.4. The lowest BCUT2D eigenvalue weighted by Gasteiger charge is -2.13. The number of benzene rings is 1. The van der Waals surface area contributed by atoms with Gasteiger partial charge in [0.25, 0.3) is 0 Å². The van der Waals surface area contributed by atoms with Crippen molar-refractivity contribution in [2.45, 2.75) is 17.4 Å². The van der Waals surface area contributed by atoms with Crippen LogP contribution in [0.5, 0.6) is 0 Å². The monoisotopic (exact) mass is 296 g/mol. The second kappa shape index (κ2) is 7.74. The van der Waals surface area contributed by atoms with Crippen LogP contribution in [0.15, 0.2) is 29.2 Å². The zero-order valence-electron chi connectivity index (χ0n) is 10.6. The average Bonchev–Trinajstić information content (AvgIpc) is 2.37. The highest BCUT2D eigenvalue weighted by Crippen LogP contribution is 2.23. The maximum atomic E-state index is 11.8. The van der Waals surface area contributed by atoms with Gasteiger partial charge in [0.15, 0.2) is 6.29 Å². The maximum absolute atomic E-state index is 11.8. The molecule has 1 aromatic carbocycles. The van der Waals surface area contributed by atoms with E-state index in [1.165, 1.54) is 26.0 Å². The van der Waals surface area contributed by atoms with E-state index in [-0.39, 0.29) is 5.94 Å². The van der Waals surface area contributed by atoms with E-state index in [1.54, 1.807) is 24.3 Å². The van der Waals surface area contributed by atoms with Crippen molar-refractivity contribution in [1.29, 1.82) is 0 Å². The van der Waals surface area contributed by atoms with Crippen LogP contribution in [-0.4, -0.2) is 32.9 Å². The van der Waals surface area contributed by atoms with E-state index in [1.807, 2.05) is 0 Å². The first-order valence-corrected chi connectivity index (χ1v) is 6.37. The highest BCUT2D eigenvalue weighted by Gasteiger charge is 2.27. The molecule has 0 heterocycles. The van der Waals surface area contributed by atoms with E-state index in [4.69, 9.17) is 9.47 Å². The Hall–Kier alpha value is -0.760. The van der Waals surface area contributed by atoms with Crippen molar-refractivity contribution in [3.63, 3.8) is 0 Å². The Morgan fingerprint density at radius 1 is 1.11 bits per heavy atom. The lowest BCUT2D eigenvalue weighted by molar-refractivity contribution is -0.168. The fourth-order valence-electron chi connectivity index (χ4n) is 1.36. The van der Waals surface area contributed by atoms with Crippen LogP contribution in [0.2, 0.25) is 0 Å². The minimum absolute atomic E-state index is 0.0448. The number of methoxy groups -OCH3 is 2. The molecule has 7 heteroatoms. The molecule has 0 amide bonds. The smallest absolute Gasteiger partial charge is 0.361 e. The molecule has 3 nitrogen and oxygen atoms in total. The van der Waals surface area contributed by atoms with Crippen LogP contribution in [0, 0.1) is 0 Å². The fraction of sp³-hybridized carbons (Fsp3) is 0.500. The molecule has 108 valence electrons. The van der Waals surface area contributed by atoms with Crippen LogP contribution in [0.3, 0.4) is 0 Å². The molecule has 0 fully saturated rings. The van der Waals surface area contributed by atoms with Gasteiger partial charge in [-0.05, 0) is 12.1 Å². The van der Waals surface area contributed by atoms with Crippen LogP contribution in [0.1, 0.15) is 11.9 Å². The van der Waals surface area contributed by atoms with Crippen molar-refractivity contribution in [3.05, 3.63) is 29.8 Å². The molecule has 0 aliphatic rings. The molecule has 0 saturated heterocycles. The standard InChI is InChI=1S/C12H15F3O3S/c1-16-11(17-2)9-3-5-10(6-4-9)19-8-18-7-12(13,14)15/h3-6,11H,7-8H2,1-2H3. The topological polar surface area (TPSA) is 27.7 Å². The summed E-state index contributed by atoms with van der Waals surface area (Å²) in [6.45, 7) is -1.23. The van der Waals surface area contributed by atoms with Gasteiger partial charge in [0.1, 0.15) is 6.61 Å². The summed E-state index contributed by atoms with van der Waals surface area (Å²) in [6, 6.07) is 7.15. The molecule has 0 aromatic heterocycles. The van der Waals surface area contributed by atoms with E-state index in [2.05, 4.69) is 4.74 Å². The predicted octanol–water partition coefficient (Wildman–Crippen LogP) is 3.61. The van der Waals surface area contributed by atoms with Crippen LogP contribution in [-0.2, 0) is 14.2 Å². The number of rotatable bonds is 7. The molecular formula is C12H15F3O3S. The van der Waals surface area contributed by atoms with Gasteiger partial charge >= 0.3 is 6.18 Å². The van der Waals surface area contributed by atoms with Gasteiger partial charge in [-0.2, -0.15) is 13.2 Å². The molecule has 0 spiro atoms. The summed E-state index contributed by atoms with van der Waals surface area (Å²) in [4.78, 5) is 0.817. The molecule has 1 rings (SSSR count). The molecule has 0 aliphatic heterocycles. The van der Waals surface area contributed by atoms with E-state index >= 15 is 0 Å². The summed E-state index contributed by atoms with van der Waals surface area (Å²) in [7, 11) is 3.06. The summed E-state index contributed by atoms with van der Waals surface area (Å²) in [5.41, 5.74) is 0.838. The Kier molecular flexibility index (Phi) is 6.64. The molecule has 0 unspecified atom stereocenters. The van der Waals surface area contributed by atoms with Crippen molar-refractivity contribution in [1.82, 2.24) is 0 Å². The molecule has 1 aromatic rings. The number of thioether (sulfide) groups is 1. The Morgan fingerprint density at radius 3 is 2.16 bits per heavy atom. The van der Waals surface area contributed by atoms with E-state index in [9.17, 15) is 13.2 Å². The summed E-state index contributed by atoms with van der Waals surface area (Å²) < 4.78 is 50.2. The van der Waals surface area contributed by atoms with E-state index in [0.29, 0.717) is 0 Å². The molecule has 0 bridgehead atoms. The van der Waals surface area contributed by atoms with Crippen molar-refractivity contribution in [2.75, 3.05) is 26.8 Å². The predicted molar refractivity (Wildman–Crippen MR) is 65.9 cm³/mol. The molecule has 0 saturated carbocycles. The van der Waals surface area contributed by atoms with Crippen LogP contribution in [0.25, 0.3) is 0 Å². The summed E-state index contributed by atoms with van der Waals surface area (Å²) >= 11 is 1.19. The molecule has 0 aliphatic carbocycles. The molecular weight excluding hydrogens is 281 g/mol. The van der Waals surface area contributed by atoms with Gasteiger partial charge in [-0.1, -0.05) is 23.9 Å². The fourth-order valence-corrected chi connectivity index (χ4v) is 1.99. The SMILES string of the molecule is COC(OC)c1ccc(SCOCC(F)(F)F)cc1. The Bertz CT molecular complexity index is 363. The number of hydrogen-bond acceptors (Lipinski definition) is 4. The van der Waals surface area contributed by atoms with Gasteiger partial charge in [0, 0.05) is 24.7 Å². The van der Waals surface area contributed by atoms with Gasteiger partial charge in [-0.3, -0.25) is 0 Å². The molecule has 19 heavy (non-hydrogen) atoms. The first kappa shape index (κ1) is 16.3. The van der Waals surface area contributed by atoms with Crippen molar-refractivity contribution in [2.24, 2.45) is 0 Å². The quantitative estimate of drug-likeness (QED) is 0.436. The Morgan fingerprint density at radius 2 is 1.68 bits per heavy atom. The highest BCUT2D eigenvalue weighted by molar-refractivity contribution is 7.99. The lowest BCUT2D eigenvalue weighted by Crippen LogP contribution is -2.16. The van der Waals surface area contributed by atoms with Crippen molar-refractivity contribution in [3.8, 4) is 0 Å². The first-order chi connectivity index (χ1) is 8.96. The van der Waals surface area contributed by atoms with Crippen LogP contribution < -0.4 is 0 Å². The molecule has 0 atom stereocenters. The van der Waals surface area contributed by atoms with Gasteiger partial charge < -0.3 is 14.2 Å². The van der Waals surface area contributed by atoms with Gasteiger partial charge in [-0.15, -0.1) is 0 Å². The van der Waals surface area contributed by atoms with Gasteiger partial charge in [0.05, 0.1) is 5.94 Å². The minimum atomic E-state index is -4.28. The number of ether oxygens (including phenoxy) is 3. The third-order valence-electron chi connectivity index (χ3n) is 2.16. The van der Waals surface area contributed by atoms with E-state index < -0.39 is 19.1 Å². The van der Waals surface area contributed by atoms with Crippen molar-refractivity contribution < 1.29 is 27.4 Å². The zero-order chi connectivity index (χ0) is 14.3. The summed E-state index contributed by atoms with van der Waals surface area (Å²) in [5, 5.41) is 0. The second-order valence-electron chi connectivity index (χ2n) is 3.60. The van der Waals surface area contributed by atoms with E-state index in [0.717, 1.165) is 10.5 Å². The van der Waals surface area contributed by atoms with Gasteiger partial charge in [0.2, 0.25) is 0 Å². The van der Waals surface area contributed by atoms with Gasteiger partial charge in [-0.25, -0.2) is 0 Å². The molecule has 0 radical (unpaired) electrons. The third kappa shape index (κ3) is 6.29. The third-order valence-corrected chi connectivity index (χ3v) is 3.05. The highest BCUT2D eigenvalue weighted by atomic mass is 32.2. The average molecular weight is 296 g/mol. The largest absolute Gasteiger partial charge is 0.411 e. The molecule has 0 N–H and O–H groups in total. The number of hydrogen-bond donors (Lipinski definition) is 0. The first-order valence-electron chi connectivity index (χ1n) is 5.39. The summed E-state index contributed by atoms with van der Waals surface area (Å²) in [6.07, 6.45) is -4.73. The number of alkyl halides is 3. The normalized spacial score (nSPS) is 12.1. The Labute approximate surface area is 114 Å². The minimum Gasteiger partial charge on any atom is -0.361 e. The second-order valence-corrected chi connectivity index (χ2v) is 4.59. The van der Waals surface area contributed by atoms with Crippen molar-refractivity contribution >= 4 is 11.8 Å². The Balaban J connectivity index is 2.40. The maximum Gasteiger partial charge on any atom is 0.411 e. The number of halogens is 3. The lowest BCUT2D eigenvalue weighted by atomic mass is 10.2. The van der Waals surface area contributed by atoms with Crippen LogP contribution in [0.4, 0.5) is 13.2 Å². The summed E-state index contributed by atoms with van der Waals surface area (Å²) in [5.74, 6) is -0.0448. The van der Waals surface area contributed by atoms with Crippen LogP contribution >= 0.6 is 11.8 Å².